The maximum absolute atomic E-state index is 11.5. The Kier molecular flexibility index (Phi) is 9.12. The van der Waals surface area contributed by atoms with Crippen LogP contribution in [0.25, 0.3) is 0 Å². The van der Waals surface area contributed by atoms with E-state index in [4.69, 9.17) is 9.26 Å². The number of hydrogen-bond acceptors (Lipinski definition) is 5. The number of ether oxygens (including phenoxy) is 1. The number of rotatable bonds is 10. The van der Waals surface area contributed by atoms with Gasteiger partial charge in [-0.2, -0.15) is 0 Å². The number of phosphoric acid groups is 1. The fourth-order valence-electron chi connectivity index (χ4n) is 0.885. The Morgan fingerprint density at radius 2 is 1.80 bits per heavy atom. The molecule has 0 bridgehead atoms. The Balaban J connectivity index is 3.77. The number of carbonyl (C=O) groups is 1. The van der Waals surface area contributed by atoms with E-state index in [1.54, 1.807) is 0 Å². The molecule has 9 heteroatoms. The molecule has 7 nitrogen and oxygen atoms in total. The van der Waals surface area contributed by atoms with Crippen molar-refractivity contribution in [3.8, 4) is 0 Å². The summed E-state index contributed by atoms with van der Waals surface area (Å²) in [5.74, 6) is -0.560. The van der Waals surface area contributed by atoms with Crippen molar-refractivity contribution in [3.05, 3.63) is 12.2 Å². The average molecular weight is 423 g/mol. The Morgan fingerprint density at radius 1 is 1.25 bits per heavy atom. The van der Waals surface area contributed by atoms with Crippen molar-refractivity contribution in [3.63, 3.8) is 0 Å². The summed E-state index contributed by atoms with van der Waals surface area (Å²) in [6.45, 7) is 4.79. The van der Waals surface area contributed by atoms with Crippen LogP contribution >= 0.6 is 7.82 Å². The first kappa shape index (κ1) is 20.0. The fourth-order valence-corrected chi connectivity index (χ4v) is 3.80. The Bertz CT molecular complexity index is 382. The molecule has 120 valence electrons. The molecule has 0 aliphatic heterocycles. The zero-order valence-electron chi connectivity index (χ0n) is 12.3. The van der Waals surface area contributed by atoms with E-state index < -0.39 is 13.8 Å². The van der Waals surface area contributed by atoms with E-state index in [9.17, 15) is 14.3 Å². The van der Waals surface area contributed by atoms with Crippen molar-refractivity contribution in [1.82, 2.24) is 0 Å². The van der Waals surface area contributed by atoms with Gasteiger partial charge in [0.25, 0.3) is 0 Å². The van der Waals surface area contributed by atoms with Crippen molar-refractivity contribution in [2.24, 2.45) is 0 Å². The fraction of sp³-hybridized carbons (Fsp3) is 0.727. The van der Waals surface area contributed by atoms with Crippen molar-refractivity contribution in [2.75, 3.05) is 45.4 Å². The van der Waals surface area contributed by atoms with Gasteiger partial charge in [-0.15, -0.1) is 0 Å². The third-order valence-electron chi connectivity index (χ3n) is 1.69. The minimum absolute atomic E-state index is 0.120. The first-order chi connectivity index (χ1) is 9.03. The number of carbonyl (C=O) groups excluding carboxylic acids is 1. The monoisotopic (exact) mass is 423 g/mol. The molecule has 0 saturated carbocycles. The van der Waals surface area contributed by atoms with E-state index in [1.165, 1.54) is 6.92 Å². The molecule has 1 unspecified atom stereocenters. The van der Waals surface area contributed by atoms with Gasteiger partial charge in [-0.05, 0) is 0 Å². The van der Waals surface area contributed by atoms with Crippen LogP contribution in [0.15, 0.2) is 12.2 Å². The minimum atomic E-state index is -4.06. The third-order valence-corrected chi connectivity index (χ3v) is 5.68. The molecule has 0 fully saturated rings. The molecule has 0 aliphatic rings. The summed E-state index contributed by atoms with van der Waals surface area (Å²) < 4.78 is 27.3. The second kappa shape index (κ2) is 9.11. The van der Waals surface area contributed by atoms with Crippen LogP contribution in [-0.4, -0.2) is 59.0 Å². The molecule has 0 aromatic heterocycles. The van der Waals surface area contributed by atoms with Gasteiger partial charge in [-0.3, -0.25) is 0 Å². The number of quaternary nitrogens is 1. The number of hydrogen-bond donors (Lipinski definition) is 1. The molecule has 0 spiro atoms. The van der Waals surface area contributed by atoms with Crippen LogP contribution in [0.3, 0.4) is 0 Å². The average Bonchev–Trinajstić information content (AvgIpc) is 2.29. The number of phosphoric ester groups is 1. The zero-order chi connectivity index (χ0) is 15.8. The Labute approximate surface area is 130 Å². The molecular weight excluding hydrogens is 400 g/mol. The van der Waals surface area contributed by atoms with Crippen LogP contribution < -0.4 is 21.5 Å². The molecule has 0 amide bonds. The molecular formula is C11H23INO6P. The molecule has 1 atom stereocenters. The number of alkyl halides is 1. The normalized spacial score (nSPS) is 14.8. The van der Waals surface area contributed by atoms with Gasteiger partial charge in [0.2, 0.25) is 0 Å². The summed E-state index contributed by atoms with van der Waals surface area (Å²) in [6.07, 6.45) is 0. The van der Waals surface area contributed by atoms with Crippen LogP contribution in [0, 0.1) is 0 Å². The van der Waals surface area contributed by atoms with Crippen molar-refractivity contribution >= 4 is 13.8 Å². The molecule has 0 heterocycles. The topological polar surface area (TPSA) is 82.1 Å². The van der Waals surface area contributed by atoms with Crippen LogP contribution in [-0.2, 0) is 23.1 Å². The zero-order valence-corrected chi connectivity index (χ0v) is 15.3. The van der Waals surface area contributed by atoms with Crippen molar-refractivity contribution in [1.29, 1.82) is 0 Å². The molecule has 0 rings (SSSR count). The van der Waals surface area contributed by atoms with Gasteiger partial charge in [0.05, 0.1) is 0 Å². The van der Waals surface area contributed by atoms with Crippen LogP contribution in [0.2, 0.25) is 0 Å². The van der Waals surface area contributed by atoms with Gasteiger partial charge in [0.15, 0.2) is 0 Å². The van der Waals surface area contributed by atoms with Crippen molar-refractivity contribution < 1.29 is 52.2 Å². The van der Waals surface area contributed by atoms with Gasteiger partial charge in [-0.25, -0.2) is 0 Å². The summed E-state index contributed by atoms with van der Waals surface area (Å²) in [4.78, 5) is 20.4. The predicted molar refractivity (Wildman–Crippen MR) is 70.4 cm³/mol. The van der Waals surface area contributed by atoms with E-state index >= 15 is 0 Å². The molecule has 0 aromatic carbocycles. The van der Waals surface area contributed by atoms with E-state index in [1.807, 2.05) is 0 Å². The summed E-state index contributed by atoms with van der Waals surface area (Å²) in [7, 11) is 2.14. The SMILES string of the molecule is C=C(C)C(=O)OCCOP(=O)(O)OCC[I-][N+](C)(C)C. The first-order valence-corrected chi connectivity index (χ1v) is 9.89. The predicted octanol–water partition coefficient (Wildman–Crippen LogP) is -2.05. The third kappa shape index (κ3) is 11.8. The van der Waals surface area contributed by atoms with Gasteiger partial charge < -0.3 is 0 Å². The first-order valence-electron chi connectivity index (χ1n) is 5.90. The van der Waals surface area contributed by atoms with Gasteiger partial charge in [0.1, 0.15) is 0 Å². The van der Waals surface area contributed by atoms with E-state index in [0.717, 1.165) is 7.12 Å². The molecule has 1 N–H and O–H groups in total. The number of nitrogens with zero attached hydrogens (tertiary/aromatic N) is 1. The summed E-state index contributed by atoms with van der Waals surface area (Å²) >= 11 is -0.161. The van der Waals surface area contributed by atoms with Gasteiger partial charge in [0, 0.05) is 0 Å². The summed E-state index contributed by atoms with van der Waals surface area (Å²) in [5.41, 5.74) is 0.262. The molecule has 20 heavy (non-hydrogen) atoms. The summed E-state index contributed by atoms with van der Waals surface area (Å²) in [6, 6.07) is 0. The molecule has 0 radical (unpaired) electrons. The molecule has 0 saturated heterocycles. The van der Waals surface area contributed by atoms with Gasteiger partial charge in [-0.1, -0.05) is 0 Å². The molecule has 0 aromatic rings. The second-order valence-electron chi connectivity index (χ2n) is 4.71. The van der Waals surface area contributed by atoms with Crippen molar-refractivity contribution in [2.45, 2.75) is 6.92 Å². The van der Waals surface area contributed by atoms with Crippen LogP contribution in [0.1, 0.15) is 6.92 Å². The Morgan fingerprint density at radius 3 is 2.30 bits per heavy atom. The van der Waals surface area contributed by atoms with Crippen LogP contribution in [0.5, 0.6) is 0 Å². The van der Waals surface area contributed by atoms with E-state index in [-0.39, 0.29) is 46.9 Å². The second-order valence-corrected chi connectivity index (χ2v) is 10.8. The Hall–Kier alpha value is 0.01000. The number of halogens is 1. The maximum atomic E-state index is 11.5. The van der Waals surface area contributed by atoms with Gasteiger partial charge >= 0.3 is 130 Å². The van der Waals surface area contributed by atoms with Crippen LogP contribution in [0.4, 0.5) is 0 Å². The standard InChI is InChI=1S/C11H23INO6P/c1-10(2)11(14)17-8-9-19-20(15,16)18-7-6-12-13(3,4)5/h1,6-9H2,2-5H3,(H,15,16). The summed E-state index contributed by atoms with van der Waals surface area (Å²) in [5, 5.41) is 0. The van der Waals surface area contributed by atoms with E-state index in [0.29, 0.717) is 0 Å². The number of esters is 1. The quantitative estimate of drug-likeness (QED) is 0.0829. The van der Waals surface area contributed by atoms with E-state index in [2.05, 4.69) is 32.2 Å². The molecule has 0 aliphatic carbocycles.